The monoisotopic (exact) mass is 251 g/mol. The van der Waals surface area contributed by atoms with Crippen LogP contribution in [0.4, 0.5) is 0 Å². The molecule has 0 saturated carbocycles. The highest BCUT2D eigenvalue weighted by Gasteiger charge is 2.21. The van der Waals surface area contributed by atoms with Crippen molar-refractivity contribution >= 4 is 16.2 Å². The van der Waals surface area contributed by atoms with Crippen molar-refractivity contribution in [3.63, 3.8) is 0 Å². The van der Waals surface area contributed by atoms with Crippen molar-refractivity contribution in [1.82, 2.24) is 0 Å². The highest BCUT2D eigenvalue weighted by Crippen LogP contribution is 2.52. The molecular formula is C14H21NOS. The van der Waals surface area contributed by atoms with Gasteiger partial charge < -0.3 is 4.55 Å². The van der Waals surface area contributed by atoms with Crippen LogP contribution in [0, 0.1) is 18.6 Å². The Morgan fingerprint density at radius 1 is 1.24 bits per heavy atom. The summed E-state index contributed by atoms with van der Waals surface area (Å²) in [6.45, 7) is 10.1. The number of benzene rings is 1. The van der Waals surface area contributed by atoms with Crippen LogP contribution in [0.2, 0.25) is 0 Å². The molecule has 1 N–H and O–H groups in total. The van der Waals surface area contributed by atoms with Crippen LogP contribution in [0.3, 0.4) is 0 Å². The molecule has 0 amide bonds. The van der Waals surface area contributed by atoms with Crippen molar-refractivity contribution < 1.29 is 4.55 Å². The lowest BCUT2D eigenvalue weighted by Crippen LogP contribution is -2.17. The molecule has 0 aromatic heterocycles. The van der Waals surface area contributed by atoms with Gasteiger partial charge in [0, 0.05) is 16.0 Å². The fourth-order valence-corrected chi connectivity index (χ4v) is 2.47. The Bertz CT molecular complexity index is 413. The minimum absolute atomic E-state index is 0.0783. The maximum Gasteiger partial charge on any atom is 0.0646 e. The first-order valence-electron chi connectivity index (χ1n) is 5.60. The minimum atomic E-state index is -2.57. The van der Waals surface area contributed by atoms with Crippen molar-refractivity contribution in [3.8, 4) is 0 Å². The molecule has 3 heteroatoms. The van der Waals surface area contributed by atoms with E-state index in [0.29, 0.717) is 4.90 Å². The molecule has 1 aromatic rings. The third kappa shape index (κ3) is 3.86. The molecule has 0 saturated heterocycles. The first kappa shape index (κ1) is 14.3. The summed E-state index contributed by atoms with van der Waals surface area (Å²) in [5.74, 6) is 0. The second-order valence-electron chi connectivity index (χ2n) is 5.33. The Balaban J connectivity index is 3.07. The first-order chi connectivity index (χ1) is 7.63. The van der Waals surface area contributed by atoms with Gasteiger partial charge in [-0.1, -0.05) is 38.5 Å². The molecule has 17 heavy (non-hydrogen) atoms. The Morgan fingerprint density at radius 3 is 2.12 bits per heavy atom. The molecule has 1 unspecified atom stereocenters. The van der Waals surface area contributed by atoms with E-state index in [4.69, 9.17) is 6.26 Å². The van der Waals surface area contributed by atoms with Gasteiger partial charge in [-0.3, -0.25) is 0 Å². The van der Waals surface area contributed by atoms with Crippen LogP contribution in [0.1, 0.15) is 33.3 Å². The summed E-state index contributed by atoms with van der Waals surface area (Å²) in [4.78, 5) is 0.687. The molecule has 0 aliphatic rings. The van der Waals surface area contributed by atoms with E-state index >= 15 is 0 Å². The van der Waals surface area contributed by atoms with E-state index in [1.807, 2.05) is 38.1 Å². The predicted molar refractivity (Wildman–Crippen MR) is 76.5 cm³/mol. The molecule has 1 atom stereocenters. The van der Waals surface area contributed by atoms with Crippen molar-refractivity contribution in [3.05, 3.63) is 36.1 Å². The Labute approximate surface area is 106 Å². The molecule has 2 nitrogen and oxygen atoms in total. The van der Waals surface area contributed by atoms with E-state index in [-0.39, 0.29) is 5.41 Å². The zero-order valence-electron chi connectivity index (χ0n) is 11.2. The van der Waals surface area contributed by atoms with Crippen LogP contribution in [-0.4, -0.2) is 10.3 Å². The second-order valence-corrected chi connectivity index (χ2v) is 7.17. The molecule has 1 aromatic carbocycles. The van der Waals surface area contributed by atoms with Gasteiger partial charge in [0.05, 0.1) is 6.26 Å². The van der Waals surface area contributed by atoms with Crippen LogP contribution in [-0.2, 0) is 0 Å². The van der Waals surface area contributed by atoms with Gasteiger partial charge in [-0.2, -0.15) is 0 Å². The highest BCUT2D eigenvalue weighted by molar-refractivity contribution is 8.29. The molecule has 0 fully saturated rings. The number of rotatable bonds is 2. The molecule has 1 rings (SSSR count). The molecule has 0 spiro atoms. The van der Waals surface area contributed by atoms with Crippen molar-refractivity contribution in [2.75, 3.05) is 0 Å². The van der Waals surface area contributed by atoms with E-state index in [1.165, 1.54) is 0 Å². The summed E-state index contributed by atoms with van der Waals surface area (Å²) in [6.07, 6.45) is 5.94. The Kier molecular flexibility index (Phi) is 4.05. The SMILES string of the molecule is [CH]S(O)(/N=C(\C)C(C)(C)C)c1ccc(C)cc1. The van der Waals surface area contributed by atoms with Gasteiger partial charge in [-0.15, -0.1) is 0 Å². The quantitative estimate of drug-likeness (QED) is 0.758. The van der Waals surface area contributed by atoms with Gasteiger partial charge in [0.1, 0.15) is 0 Å². The zero-order chi connectivity index (χ0) is 13.3. The molecule has 0 heterocycles. The molecule has 0 bridgehead atoms. The lowest BCUT2D eigenvalue weighted by Gasteiger charge is -2.28. The summed E-state index contributed by atoms with van der Waals surface area (Å²) in [7, 11) is -2.57. The molecular weight excluding hydrogens is 230 g/mol. The number of aryl methyl sites for hydroxylation is 1. The number of hydrogen-bond acceptors (Lipinski definition) is 2. The van der Waals surface area contributed by atoms with Gasteiger partial charge in [0.15, 0.2) is 0 Å². The molecule has 0 aliphatic heterocycles. The fraction of sp³-hybridized carbons (Fsp3) is 0.429. The molecule has 0 aliphatic carbocycles. The highest BCUT2D eigenvalue weighted by atomic mass is 32.3. The molecule has 94 valence electrons. The summed E-state index contributed by atoms with van der Waals surface area (Å²) in [5.41, 5.74) is 1.92. The van der Waals surface area contributed by atoms with E-state index in [9.17, 15) is 4.55 Å². The van der Waals surface area contributed by atoms with E-state index in [1.54, 1.807) is 0 Å². The average molecular weight is 251 g/mol. The van der Waals surface area contributed by atoms with Gasteiger partial charge in [-0.05, 0) is 36.5 Å². The number of nitrogens with zero attached hydrogens (tertiary/aromatic N) is 1. The fourth-order valence-electron chi connectivity index (χ4n) is 1.14. The smallest absolute Gasteiger partial charge is 0.0646 e. The summed E-state index contributed by atoms with van der Waals surface area (Å²) in [5, 5.41) is 0. The summed E-state index contributed by atoms with van der Waals surface area (Å²) < 4.78 is 14.6. The van der Waals surface area contributed by atoms with Crippen LogP contribution in [0.15, 0.2) is 33.6 Å². The largest absolute Gasteiger partial charge is 0.327 e. The van der Waals surface area contributed by atoms with Gasteiger partial charge in [-0.25, -0.2) is 4.40 Å². The van der Waals surface area contributed by atoms with Gasteiger partial charge in [0.2, 0.25) is 0 Å². The maximum absolute atomic E-state index is 10.3. The average Bonchev–Trinajstić information content (AvgIpc) is 2.16. The van der Waals surface area contributed by atoms with Crippen molar-refractivity contribution in [2.24, 2.45) is 9.81 Å². The minimum Gasteiger partial charge on any atom is -0.327 e. The Morgan fingerprint density at radius 2 is 1.71 bits per heavy atom. The topological polar surface area (TPSA) is 32.6 Å². The zero-order valence-corrected chi connectivity index (χ0v) is 12.0. The predicted octanol–water partition coefficient (Wildman–Crippen LogP) is 4.72. The summed E-state index contributed by atoms with van der Waals surface area (Å²) >= 11 is 0. The van der Waals surface area contributed by atoms with Crippen LogP contribution in [0.25, 0.3) is 0 Å². The van der Waals surface area contributed by atoms with Crippen LogP contribution in [0.5, 0.6) is 0 Å². The lowest BCUT2D eigenvalue weighted by atomic mass is 9.91. The van der Waals surface area contributed by atoms with Crippen LogP contribution < -0.4 is 0 Å². The van der Waals surface area contributed by atoms with E-state index in [2.05, 4.69) is 25.2 Å². The standard InChI is InChI=1S/C14H21NOS/c1-11-7-9-13(10-8-11)17(6,16)15-12(2)14(3,4)5/h6-10,16H,1-5H3/b15-12+. The van der Waals surface area contributed by atoms with Crippen molar-refractivity contribution in [2.45, 2.75) is 39.5 Å². The summed E-state index contributed by atoms with van der Waals surface area (Å²) in [6, 6.07) is 7.54. The maximum atomic E-state index is 10.3. The van der Waals surface area contributed by atoms with Crippen molar-refractivity contribution in [1.29, 1.82) is 0 Å². The van der Waals surface area contributed by atoms with Gasteiger partial charge >= 0.3 is 0 Å². The van der Waals surface area contributed by atoms with E-state index in [0.717, 1.165) is 11.3 Å². The lowest BCUT2D eigenvalue weighted by molar-refractivity contribution is 0.586. The van der Waals surface area contributed by atoms with Crippen LogP contribution >= 0.6 is 10.5 Å². The Hall–Kier alpha value is -0.800. The molecule has 2 radical (unpaired) electrons. The normalized spacial score (nSPS) is 18.6. The van der Waals surface area contributed by atoms with E-state index < -0.39 is 10.5 Å². The second kappa shape index (κ2) is 4.83. The van der Waals surface area contributed by atoms with Gasteiger partial charge in [0.25, 0.3) is 0 Å². The third-order valence-corrected chi connectivity index (χ3v) is 4.25. The first-order valence-corrected chi connectivity index (χ1v) is 7.21. The number of hydrogen-bond donors (Lipinski definition) is 1. The third-order valence-electron chi connectivity index (χ3n) is 2.73.